The molecule has 1 unspecified atom stereocenters. The van der Waals surface area contributed by atoms with Gasteiger partial charge in [-0.3, -0.25) is 0 Å². The minimum Gasteiger partial charge on any atom is -0.137 e. The van der Waals surface area contributed by atoms with Crippen LogP contribution in [0.5, 0.6) is 0 Å². The number of halogens is 2. The molecular weight excluding hydrogens is 399 g/mol. The predicted molar refractivity (Wildman–Crippen MR) is 97.0 cm³/mol. The zero-order chi connectivity index (χ0) is 13.9. The minimum absolute atomic E-state index is 0.0184. The van der Waals surface area contributed by atoms with Crippen molar-refractivity contribution >= 4 is 45.5 Å². The fourth-order valence-electron chi connectivity index (χ4n) is 3.02. The third-order valence-corrected chi connectivity index (χ3v) is 6.50. The second kappa shape index (κ2) is 6.80. The molecule has 0 radical (unpaired) electrons. The van der Waals surface area contributed by atoms with Crippen LogP contribution in [-0.2, 0) is 0 Å². The first-order valence-corrected chi connectivity index (χ1v) is 9.61. The molecule has 1 fully saturated rings. The summed E-state index contributed by atoms with van der Waals surface area (Å²) in [5, 5.41) is 2.14. The van der Waals surface area contributed by atoms with Gasteiger partial charge in [-0.15, -0.1) is 22.9 Å². The molecule has 0 aliphatic heterocycles. The van der Waals surface area contributed by atoms with Crippen molar-refractivity contribution < 1.29 is 0 Å². The van der Waals surface area contributed by atoms with Gasteiger partial charge in [0.05, 0.1) is 8.26 Å². The van der Waals surface area contributed by atoms with Gasteiger partial charge in [0.25, 0.3) is 0 Å². The third kappa shape index (κ3) is 3.40. The highest BCUT2D eigenvalue weighted by Crippen LogP contribution is 2.35. The van der Waals surface area contributed by atoms with Crippen LogP contribution in [0.15, 0.2) is 35.7 Å². The Morgan fingerprint density at radius 1 is 1.05 bits per heavy atom. The van der Waals surface area contributed by atoms with Crippen LogP contribution in [-0.4, -0.2) is 0 Å². The summed E-state index contributed by atoms with van der Waals surface area (Å²) in [6, 6.07) is 11.2. The van der Waals surface area contributed by atoms with Gasteiger partial charge in [-0.2, -0.15) is 0 Å². The zero-order valence-electron chi connectivity index (χ0n) is 11.3. The van der Waals surface area contributed by atoms with E-state index in [9.17, 15) is 0 Å². The Hall–Kier alpha value is -0.0600. The number of hydrogen-bond acceptors (Lipinski definition) is 1. The molecule has 1 atom stereocenters. The summed E-state index contributed by atoms with van der Waals surface area (Å²) < 4.78 is 1.29. The highest BCUT2D eigenvalue weighted by molar-refractivity contribution is 14.1. The average molecular weight is 417 g/mol. The molecule has 106 valence electrons. The Morgan fingerprint density at radius 3 is 2.35 bits per heavy atom. The zero-order valence-corrected chi connectivity index (χ0v) is 15.0. The van der Waals surface area contributed by atoms with Crippen molar-refractivity contribution in [3.05, 3.63) is 55.3 Å². The quantitative estimate of drug-likeness (QED) is 0.384. The average Bonchev–Trinajstić information content (AvgIpc) is 2.94. The molecule has 0 N–H and O–H groups in total. The Kier molecular flexibility index (Phi) is 5.05. The van der Waals surface area contributed by atoms with E-state index in [-0.39, 0.29) is 5.38 Å². The highest BCUT2D eigenvalue weighted by atomic mass is 127. The number of thiophene rings is 1. The first-order chi connectivity index (χ1) is 9.74. The lowest BCUT2D eigenvalue weighted by Gasteiger charge is -2.22. The standard InChI is InChI=1S/C17H18ClIS/c18-17(15-10-16(19)20-11-15)14-8-6-13(7-9-14)12-4-2-1-3-5-12/h6-12,17H,1-5H2. The predicted octanol–water partition coefficient (Wildman–Crippen LogP) is 6.73. The van der Waals surface area contributed by atoms with Gasteiger partial charge in [-0.1, -0.05) is 43.5 Å². The van der Waals surface area contributed by atoms with E-state index in [2.05, 4.69) is 58.3 Å². The molecule has 2 aromatic rings. The molecule has 0 bridgehead atoms. The third-order valence-electron chi connectivity index (χ3n) is 4.19. The van der Waals surface area contributed by atoms with Gasteiger partial charge in [-0.05, 0) is 69.5 Å². The smallest absolute Gasteiger partial charge is 0.0843 e. The van der Waals surface area contributed by atoms with Gasteiger partial charge in [0.2, 0.25) is 0 Å². The van der Waals surface area contributed by atoms with Gasteiger partial charge in [0.15, 0.2) is 0 Å². The van der Waals surface area contributed by atoms with E-state index >= 15 is 0 Å². The Bertz CT molecular complexity index is 555. The number of rotatable bonds is 3. The second-order valence-electron chi connectivity index (χ2n) is 5.55. The van der Waals surface area contributed by atoms with Gasteiger partial charge < -0.3 is 0 Å². The van der Waals surface area contributed by atoms with Crippen LogP contribution in [0.2, 0.25) is 0 Å². The summed E-state index contributed by atoms with van der Waals surface area (Å²) >= 11 is 10.7. The maximum atomic E-state index is 6.59. The first-order valence-electron chi connectivity index (χ1n) is 7.22. The fourth-order valence-corrected chi connectivity index (χ4v) is 4.77. The summed E-state index contributed by atoms with van der Waals surface area (Å²) in [6.45, 7) is 0. The topological polar surface area (TPSA) is 0 Å². The molecule has 0 spiro atoms. The van der Waals surface area contributed by atoms with E-state index in [4.69, 9.17) is 11.6 Å². The minimum atomic E-state index is -0.0184. The fraction of sp³-hybridized carbons (Fsp3) is 0.412. The summed E-state index contributed by atoms with van der Waals surface area (Å²) in [5.74, 6) is 0.772. The number of hydrogen-bond donors (Lipinski definition) is 0. The second-order valence-corrected chi connectivity index (χ2v) is 8.79. The highest BCUT2D eigenvalue weighted by Gasteiger charge is 2.17. The number of benzene rings is 1. The molecule has 1 aliphatic carbocycles. The maximum Gasteiger partial charge on any atom is 0.0843 e. The summed E-state index contributed by atoms with van der Waals surface area (Å²) in [5.41, 5.74) is 3.92. The van der Waals surface area contributed by atoms with Crippen molar-refractivity contribution in [2.24, 2.45) is 0 Å². The molecule has 3 heteroatoms. The maximum absolute atomic E-state index is 6.59. The van der Waals surface area contributed by atoms with Crippen LogP contribution in [0, 0.1) is 2.88 Å². The van der Waals surface area contributed by atoms with Crippen molar-refractivity contribution in [2.75, 3.05) is 0 Å². The lowest BCUT2D eigenvalue weighted by atomic mass is 9.84. The van der Waals surface area contributed by atoms with Crippen LogP contribution >= 0.6 is 45.5 Å². The molecule has 0 saturated heterocycles. The van der Waals surface area contributed by atoms with Gasteiger partial charge in [-0.25, -0.2) is 0 Å². The van der Waals surface area contributed by atoms with E-state index < -0.39 is 0 Å². The summed E-state index contributed by atoms with van der Waals surface area (Å²) in [6.07, 6.45) is 6.89. The Morgan fingerprint density at radius 2 is 1.75 bits per heavy atom. The van der Waals surface area contributed by atoms with E-state index in [1.807, 2.05) is 0 Å². The van der Waals surface area contributed by atoms with Crippen LogP contribution in [0.25, 0.3) is 0 Å². The van der Waals surface area contributed by atoms with Gasteiger partial charge in [0.1, 0.15) is 0 Å². The SMILES string of the molecule is ClC(c1ccc(C2CCCCC2)cc1)c1csc(I)c1. The molecule has 1 aliphatic rings. The van der Waals surface area contributed by atoms with Crippen LogP contribution < -0.4 is 0 Å². The molecule has 3 rings (SSSR count). The molecule has 0 nitrogen and oxygen atoms in total. The van der Waals surface area contributed by atoms with E-state index in [0.717, 1.165) is 5.92 Å². The molecule has 1 aromatic heterocycles. The number of alkyl halides is 1. The van der Waals surface area contributed by atoms with Crippen molar-refractivity contribution in [1.29, 1.82) is 0 Å². The lowest BCUT2D eigenvalue weighted by Crippen LogP contribution is -2.04. The summed E-state index contributed by atoms with van der Waals surface area (Å²) in [4.78, 5) is 0. The first kappa shape index (κ1) is 14.9. The van der Waals surface area contributed by atoms with Gasteiger partial charge in [0, 0.05) is 0 Å². The normalized spacial score (nSPS) is 18.1. The van der Waals surface area contributed by atoms with Crippen molar-refractivity contribution in [1.82, 2.24) is 0 Å². The van der Waals surface area contributed by atoms with Crippen LogP contribution in [0.3, 0.4) is 0 Å². The van der Waals surface area contributed by atoms with Crippen LogP contribution in [0.4, 0.5) is 0 Å². The largest absolute Gasteiger partial charge is 0.137 e. The molecular formula is C17H18ClIS. The van der Waals surface area contributed by atoms with Crippen molar-refractivity contribution in [3.8, 4) is 0 Å². The molecule has 20 heavy (non-hydrogen) atoms. The Balaban J connectivity index is 1.75. The molecule has 1 heterocycles. The molecule has 0 amide bonds. The summed E-state index contributed by atoms with van der Waals surface area (Å²) in [7, 11) is 0. The Labute approximate surface area is 143 Å². The molecule has 1 aromatic carbocycles. The van der Waals surface area contributed by atoms with E-state index in [0.29, 0.717) is 0 Å². The molecule has 1 saturated carbocycles. The van der Waals surface area contributed by atoms with Crippen LogP contribution in [0.1, 0.15) is 60.1 Å². The van der Waals surface area contributed by atoms with Gasteiger partial charge >= 0.3 is 0 Å². The van der Waals surface area contributed by atoms with E-state index in [1.165, 1.54) is 51.7 Å². The van der Waals surface area contributed by atoms with Crippen molar-refractivity contribution in [2.45, 2.75) is 43.4 Å². The van der Waals surface area contributed by atoms with E-state index in [1.54, 1.807) is 11.3 Å². The lowest BCUT2D eigenvalue weighted by molar-refractivity contribution is 0.443. The van der Waals surface area contributed by atoms with Crippen molar-refractivity contribution in [3.63, 3.8) is 0 Å². The monoisotopic (exact) mass is 416 g/mol.